The number of pyridine rings is 1. The molecule has 0 aromatic carbocycles. The molecule has 1 saturated heterocycles. The largest absolute Gasteiger partial charge is 0.380 e. The minimum Gasteiger partial charge on any atom is -0.380 e. The Labute approximate surface area is 186 Å². The van der Waals surface area contributed by atoms with E-state index in [1.165, 1.54) is 15.7 Å². The average Bonchev–Trinajstić information content (AvgIpc) is 3.45. The fraction of sp³-hybridized carbons (Fsp3) is 0.619. The number of aliphatic hydroxyl groups is 1. The van der Waals surface area contributed by atoms with Gasteiger partial charge in [0.2, 0.25) is 0 Å². The molecule has 1 aromatic heterocycles. The standard InChI is InChI=1S/C21H26F2N4O4S/c1-25-18-17(27(32(25,30)31)11-15-8-21(15,22)23)3-2-16(24-18)12-6-13-9-26(10-14(13)7-12)19(28)20(29)4-5-20/h2-3,6,13-15,29-31H,4-5,7-11H2,1H3. The summed E-state index contributed by atoms with van der Waals surface area (Å²) in [6.45, 7) is 1.07. The second-order valence-electron chi connectivity index (χ2n) is 9.81. The van der Waals surface area contributed by atoms with Crippen LogP contribution in [-0.4, -0.2) is 68.2 Å². The molecule has 2 saturated carbocycles. The minimum atomic E-state index is -3.43. The van der Waals surface area contributed by atoms with E-state index >= 15 is 0 Å². The summed E-state index contributed by atoms with van der Waals surface area (Å²) >= 11 is 0. The van der Waals surface area contributed by atoms with Gasteiger partial charge in [0, 0.05) is 39.0 Å². The number of amides is 1. The van der Waals surface area contributed by atoms with Gasteiger partial charge in [-0.25, -0.2) is 22.4 Å². The first-order chi connectivity index (χ1) is 15.0. The molecule has 5 aliphatic rings. The van der Waals surface area contributed by atoms with Crippen molar-refractivity contribution >= 4 is 33.9 Å². The molecule has 11 heteroatoms. The fourth-order valence-corrected chi connectivity index (χ4v) is 6.65. The molecule has 3 aliphatic carbocycles. The van der Waals surface area contributed by atoms with Gasteiger partial charge in [-0.3, -0.25) is 13.9 Å². The number of likely N-dealkylation sites (tertiary alicyclic amines) is 1. The Balaban J connectivity index is 1.22. The summed E-state index contributed by atoms with van der Waals surface area (Å²) in [5.41, 5.74) is 1.07. The third kappa shape index (κ3) is 2.98. The Hall–Kier alpha value is -1.95. The maximum absolute atomic E-state index is 13.4. The summed E-state index contributed by atoms with van der Waals surface area (Å²) in [6, 6.07) is 3.53. The molecule has 8 nitrogen and oxygen atoms in total. The van der Waals surface area contributed by atoms with Gasteiger partial charge in [0.05, 0.1) is 5.69 Å². The van der Waals surface area contributed by atoms with Crippen LogP contribution in [0.3, 0.4) is 0 Å². The molecule has 3 heterocycles. The maximum atomic E-state index is 13.4. The molecule has 3 atom stereocenters. The lowest BCUT2D eigenvalue weighted by molar-refractivity contribution is -0.141. The minimum absolute atomic E-state index is 0.128. The lowest BCUT2D eigenvalue weighted by atomic mass is 9.99. The van der Waals surface area contributed by atoms with E-state index in [-0.39, 0.29) is 30.7 Å². The van der Waals surface area contributed by atoms with Crippen LogP contribution in [0.15, 0.2) is 18.2 Å². The van der Waals surface area contributed by atoms with Gasteiger partial charge >= 0.3 is 0 Å². The summed E-state index contributed by atoms with van der Waals surface area (Å²) in [5, 5.41) is 10.1. The molecule has 1 amide bonds. The van der Waals surface area contributed by atoms with Crippen molar-refractivity contribution in [2.24, 2.45) is 17.8 Å². The van der Waals surface area contributed by atoms with E-state index in [1.807, 2.05) is 0 Å². The molecular weight excluding hydrogens is 442 g/mol. The number of hydrogen-bond donors (Lipinski definition) is 3. The summed E-state index contributed by atoms with van der Waals surface area (Å²) in [4.78, 5) is 18.9. The van der Waals surface area contributed by atoms with Crippen molar-refractivity contribution in [2.45, 2.75) is 37.2 Å². The number of hydrogen-bond acceptors (Lipinski definition) is 7. The molecular formula is C21H26F2N4O4S. The van der Waals surface area contributed by atoms with E-state index in [1.54, 1.807) is 17.0 Å². The van der Waals surface area contributed by atoms with Crippen molar-refractivity contribution in [1.82, 2.24) is 9.88 Å². The topological polar surface area (TPSA) is 100 Å². The van der Waals surface area contributed by atoms with Crippen LogP contribution in [0.1, 0.15) is 31.4 Å². The Morgan fingerprint density at radius 3 is 2.62 bits per heavy atom. The number of carbonyl (C=O) groups excluding carboxylic acids is 1. The number of anilines is 2. The number of aromatic nitrogens is 1. The van der Waals surface area contributed by atoms with E-state index in [0.29, 0.717) is 37.4 Å². The second kappa shape index (κ2) is 6.34. The molecule has 1 aromatic rings. The van der Waals surface area contributed by atoms with E-state index < -0.39 is 28.4 Å². The monoisotopic (exact) mass is 468 g/mol. The third-order valence-corrected chi connectivity index (χ3v) is 9.40. The Morgan fingerprint density at radius 1 is 1.28 bits per heavy atom. The molecule has 0 spiro atoms. The first-order valence-electron chi connectivity index (χ1n) is 10.9. The van der Waals surface area contributed by atoms with Gasteiger partial charge < -0.3 is 10.0 Å². The highest BCUT2D eigenvalue weighted by atomic mass is 32.3. The van der Waals surface area contributed by atoms with Gasteiger partial charge in [0.1, 0.15) is 11.3 Å². The second-order valence-corrected chi connectivity index (χ2v) is 11.8. The van der Waals surface area contributed by atoms with Crippen molar-refractivity contribution in [3.05, 3.63) is 23.9 Å². The quantitative estimate of drug-likeness (QED) is 0.625. The van der Waals surface area contributed by atoms with E-state index in [4.69, 9.17) is 0 Å². The van der Waals surface area contributed by atoms with Crippen molar-refractivity contribution in [3.8, 4) is 0 Å². The third-order valence-electron chi connectivity index (χ3n) is 7.55. The zero-order valence-electron chi connectivity index (χ0n) is 17.6. The number of nitrogens with zero attached hydrogens (tertiary/aromatic N) is 4. The zero-order valence-corrected chi connectivity index (χ0v) is 18.4. The number of allylic oxidation sites excluding steroid dienone is 1. The zero-order chi connectivity index (χ0) is 22.6. The molecule has 2 aliphatic heterocycles. The summed E-state index contributed by atoms with van der Waals surface area (Å²) < 4.78 is 50.8. The number of alkyl halides is 2. The molecule has 6 rings (SSSR count). The Kier molecular flexibility index (Phi) is 4.09. The number of carbonyl (C=O) groups is 1. The highest BCUT2D eigenvalue weighted by Crippen LogP contribution is 2.62. The first-order valence-corrected chi connectivity index (χ1v) is 12.4. The van der Waals surface area contributed by atoms with Crippen LogP contribution >= 0.6 is 11.0 Å². The number of halogens is 2. The molecule has 0 radical (unpaired) electrons. The van der Waals surface area contributed by atoms with E-state index in [2.05, 4.69) is 11.1 Å². The highest BCUT2D eigenvalue weighted by Gasteiger charge is 2.59. The van der Waals surface area contributed by atoms with Crippen LogP contribution in [0, 0.1) is 17.8 Å². The van der Waals surface area contributed by atoms with Crippen LogP contribution in [-0.2, 0) is 4.79 Å². The van der Waals surface area contributed by atoms with Gasteiger partial charge in [0.15, 0.2) is 5.82 Å². The lowest BCUT2D eigenvalue weighted by Crippen LogP contribution is -2.39. The van der Waals surface area contributed by atoms with Crippen molar-refractivity contribution in [1.29, 1.82) is 0 Å². The Bertz CT molecular complexity index is 1050. The summed E-state index contributed by atoms with van der Waals surface area (Å²) in [5.74, 6) is -2.94. The van der Waals surface area contributed by atoms with E-state index in [0.717, 1.165) is 17.7 Å². The highest BCUT2D eigenvalue weighted by molar-refractivity contribution is 8.26. The van der Waals surface area contributed by atoms with Gasteiger partial charge in [0.25, 0.3) is 11.8 Å². The predicted octanol–water partition coefficient (Wildman–Crippen LogP) is 2.96. The van der Waals surface area contributed by atoms with Crippen LogP contribution in [0.2, 0.25) is 0 Å². The van der Waals surface area contributed by atoms with E-state index in [9.17, 15) is 27.8 Å². The molecule has 174 valence electrons. The predicted molar refractivity (Wildman–Crippen MR) is 116 cm³/mol. The van der Waals surface area contributed by atoms with Crippen LogP contribution in [0.25, 0.3) is 5.57 Å². The fourth-order valence-electron chi connectivity index (χ4n) is 5.20. The van der Waals surface area contributed by atoms with Crippen molar-refractivity contribution in [3.63, 3.8) is 0 Å². The van der Waals surface area contributed by atoms with Gasteiger partial charge in [-0.2, -0.15) is 0 Å². The van der Waals surface area contributed by atoms with Gasteiger partial charge in [-0.1, -0.05) is 6.08 Å². The average molecular weight is 469 g/mol. The molecule has 3 N–H and O–H groups in total. The summed E-state index contributed by atoms with van der Waals surface area (Å²) in [7, 11) is -1.91. The van der Waals surface area contributed by atoms with Gasteiger partial charge in [-0.15, -0.1) is 0 Å². The number of rotatable bonds is 4. The molecule has 0 bridgehead atoms. The smallest absolute Gasteiger partial charge is 0.254 e. The van der Waals surface area contributed by atoms with Crippen molar-refractivity contribution in [2.75, 3.05) is 35.3 Å². The normalized spacial score (nSPS) is 33.6. The van der Waals surface area contributed by atoms with Gasteiger partial charge in [-0.05, 0) is 59.8 Å². The SMILES string of the molecule is CN1c2nc(C3=CC4CN(C(=O)C5(O)CC5)CC4C3)ccc2N(CC2CC2(F)F)S1(O)O. The van der Waals surface area contributed by atoms with Crippen LogP contribution in [0.4, 0.5) is 20.3 Å². The maximum Gasteiger partial charge on any atom is 0.254 e. The number of fused-ring (bicyclic) bond motifs is 2. The Morgan fingerprint density at radius 2 is 2.00 bits per heavy atom. The first kappa shape index (κ1) is 20.6. The molecule has 3 unspecified atom stereocenters. The molecule has 3 fully saturated rings. The molecule has 32 heavy (non-hydrogen) atoms. The summed E-state index contributed by atoms with van der Waals surface area (Å²) in [6.07, 6.45) is 3.71. The lowest BCUT2D eigenvalue weighted by Gasteiger charge is -2.41. The van der Waals surface area contributed by atoms with Crippen LogP contribution in [0.5, 0.6) is 0 Å². The van der Waals surface area contributed by atoms with Crippen LogP contribution < -0.4 is 8.61 Å². The van der Waals surface area contributed by atoms with Crippen molar-refractivity contribution < 1.29 is 27.8 Å².